The van der Waals surface area contributed by atoms with Gasteiger partial charge in [-0.3, -0.25) is 0 Å². The van der Waals surface area contributed by atoms with Crippen molar-refractivity contribution in [3.05, 3.63) is 67.0 Å². The van der Waals surface area contributed by atoms with Crippen LogP contribution in [-0.4, -0.2) is 9.78 Å². The van der Waals surface area contributed by atoms with E-state index in [9.17, 15) is 0 Å². The SMILES string of the molecule is CC.Nc1ccccc1-c1ccc(-n2cccn2)cc1. The van der Waals surface area contributed by atoms with E-state index >= 15 is 0 Å². The fourth-order valence-corrected chi connectivity index (χ4v) is 1.98. The summed E-state index contributed by atoms with van der Waals surface area (Å²) in [6.45, 7) is 4.00. The minimum atomic E-state index is 0.796. The van der Waals surface area contributed by atoms with Crippen molar-refractivity contribution >= 4 is 5.69 Å². The van der Waals surface area contributed by atoms with E-state index in [0.717, 1.165) is 22.5 Å². The number of aromatic nitrogens is 2. The van der Waals surface area contributed by atoms with Gasteiger partial charge in [0, 0.05) is 23.6 Å². The molecule has 0 aliphatic heterocycles. The molecule has 102 valence electrons. The number of hydrogen-bond acceptors (Lipinski definition) is 2. The Bertz CT molecular complexity index is 640. The lowest BCUT2D eigenvalue weighted by Gasteiger charge is -2.07. The van der Waals surface area contributed by atoms with E-state index in [0.29, 0.717) is 0 Å². The molecule has 3 heteroatoms. The highest BCUT2D eigenvalue weighted by Crippen LogP contribution is 2.26. The van der Waals surface area contributed by atoms with Crippen LogP contribution >= 0.6 is 0 Å². The van der Waals surface area contributed by atoms with Gasteiger partial charge < -0.3 is 5.73 Å². The monoisotopic (exact) mass is 265 g/mol. The normalized spacial score (nSPS) is 9.70. The Balaban J connectivity index is 0.000000704. The topological polar surface area (TPSA) is 43.8 Å². The molecule has 2 N–H and O–H groups in total. The molecule has 3 aromatic rings. The molecule has 1 aromatic heterocycles. The van der Waals surface area contributed by atoms with Crippen molar-refractivity contribution < 1.29 is 0 Å². The van der Waals surface area contributed by atoms with Crippen LogP contribution in [0.1, 0.15) is 13.8 Å². The molecule has 0 saturated heterocycles. The maximum Gasteiger partial charge on any atom is 0.0645 e. The maximum absolute atomic E-state index is 5.97. The van der Waals surface area contributed by atoms with Crippen LogP contribution in [0.5, 0.6) is 0 Å². The molecular formula is C17H19N3. The first-order valence-electron chi connectivity index (χ1n) is 6.79. The Morgan fingerprint density at radius 1 is 0.900 bits per heavy atom. The molecular weight excluding hydrogens is 246 g/mol. The molecule has 0 radical (unpaired) electrons. The van der Waals surface area contributed by atoms with Gasteiger partial charge in [0.25, 0.3) is 0 Å². The highest BCUT2D eigenvalue weighted by atomic mass is 15.3. The van der Waals surface area contributed by atoms with Gasteiger partial charge in [0.15, 0.2) is 0 Å². The van der Waals surface area contributed by atoms with Gasteiger partial charge in [-0.1, -0.05) is 44.2 Å². The molecule has 0 saturated carbocycles. The van der Waals surface area contributed by atoms with Gasteiger partial charge in [0.05, 0.1) is 5.69 Å². The van der Waals surface area contributed by atoms with Crippen LogP contribution in [0, 0.1) is 0 Å². The van der Waals surface area contributed by atoms with Gasteiger partial charge in [-0.05, 0) is 29.8 Å². The molecule has 0 amide bonds. The van der Waals surface area contributed by atoms with Gasteiger partial charge in [-0.25, -0.2) is 4.68 Å². The molecule has 0 aliphatic rings. The number of anilines is 1. The Morgan fingerprint density at radius 2 is 1.60 bits per heavy atom. The van der Waals surface area contributed by atoms with Gasteiger partial charge in [-0.2, -0.15) is 5.10 Å². The number of rotatable bonds is 2. The minimum Gasteiger partial charge on any atom is -0.398 e. The highest BCUT2D eigenvalue weighted by Gasteiger charge is 2.02. The number of nitrogen functional groups attached to an aromatic ring is 1. The first-order chi connectivity index (χ1) is 9.84. The van der Waals surface area contributed by atoms with E-state index in [1.54, 1.807) is 6.20 Å². The van der Waals surface area contributed by atoms with Crippen LogP contribution in [0.25, 0.3) is 16.8 Å². The predicted molar refractivity (Wildman–Crippen MR) is 84.8 cm³/mol. The van der Waals surface area contributed by atoms with Gasteiger partial charge in [0.2, 0.25) is 0 Å². The smallest absolute Gasteiger partial charge is 0.0645 e. The van der Waals surface area contributed by atoms with E-state index < -0.39 is 0 Å². The van der Waals surface area contributed by atoms with Crippen LogP contribution in [0.4, 0.5) is 5.69 Å². The summed E-state index contributed by atoms with van der Waals surface area (Å²) >= 11 is 0. The fourth-order valence-electron chi connectivity index (χ4n) is 1.98. The molecule has 0 unspecified atom stereocenters. The summed E-state index contributed by atoms with van der Waals surface area (Å²) in [6.07, 6.45) is 3.69. The largest absolute Gasteiger partial charge is 0.398 e. The number of nitrogens with two attached hydrogens (primary N) is 1. The zero-order valence-corrected chi connectivity index (χ0v) is 11.8. The number of benzene rings is 2. The Labute approximate surface area is 119 Å². The summed E-state index contributed by atoms with van der Waals surface area (Å²) in [4.78, 5) is 0. The second-order valence-corrected chi connectivity index (χ2v) is 4.08. The van der Waals surface area contributed by atoms with Crippen LogP contribution in [-0.2, 0) is 0 Å². The fraction of sp³-hybridized carbons (Fsp3) is 0.118. The summed E-state index contributed by atoms with van der Waals surface area (Å²) in [6, 6.07) is 18.0. The third-order valence-electron chi connectivity index (χ3n) is 2.91. The quantitative estimate of drug-likeness (QED) is 0.707. The third-order valence-corrected chi connectivity index (χ3v) is 2.91. The molecule has 0 atom stereocenters. The molecule has 0 fully saturated rings. The Morgan fingerprint density at radius 3 is 2.20 bits per heavy atom. The molecule has 1 heterocycles. The second kappa shape index (κ2) is 6.57. The molecule has 3 nitrogen and oxygen atoms in total. The van der Waals surface area contributed by atoms with Crippen LogP contribution in [0.2, 0.25) is 0 Å². The molecule has 0 aliphatic carbocycles. The Kier molecular flexibility index (Phi) is 4.56. The zero-order valence-electron chi connectivity index (χ0n) is 11.8. The molecule has 0 spiro atoms. The van der Waals surface area contributed by atoms with E-state index in [-0.39, 0.29) is 0 Å². The van der Waals surface area contributed by atoms with Crippen LogP contribution in [0.15, 0.2) is 67.0 Å². The molecule has 3 rings (SSSR count). The lowest BCUT2D eigenvalue weighted by atomic mass is 10.0. The minimum absolute atomic E-state index is 0.796. The number of nitrogens with zero attached hydrogens (tertiary/aromatic N) is 2. The van der Waals surface area contributed by atoms with Crippen molar-refractivity contribution in [3.63, 3.8) is 0 Å². The summed E-state index contributed by atoms with van der Waals surface area (Å²) in [7, 11) is 0. The lowest BCUT2D eigenvalue weighted by molar-refractivity contribution is 0.881. The Hall–Kier alpha value is -2.55. The predicted octanol–water partition coefficient (Wildman–Crippen LogP) is 4.15. The van der Waals surface area contributed by atoms with E-state index in [1.165, 1.54) is 0 Å². The number of para-hydroxylation sites is 1. The van der Waals surface area contributed by atoms with Crippen molar-refractivity contribution in [3.8, 4) is 16.8 Å². The van der Waals surface area contributed by atoms with Crippen molar-refractivity contribution in [2.24, 2.45) is 0 Å². The first-order valence-corrected chi connectivity index (χ1v) is 6.79. The molecule has 2 aromatic carbocycles. The summed E-state index contributed by atoms with van der Waals surface area (Å²) in [5, 5.41) is 4.20. The van der Waals surface area contributed by atoms with Crippen molar-refractivity contribution in [1.82, 2.24) is 9.78 Å². The second-order valence-electron chi connectivity index (χ2n) is 4.08. The van der Waals surface area contributed by atoms with Gasteiger partial charge in [-0.15, -0.1) is 0 Å². The van der Waals surface area contributed by atoms with Crippen molar-refractivity contribution in [2.75, 3.05) is 5.73 Å². The molecule has 20 heavy (non-hydrogen) atoms. The van der Waals surface area contributed by atoms with E-state index in [4.69, 9.17) is 5.73 Å². The number of hydrogen-bond donors (Lipinski definition) is 1. The van der Waals surface area contributed by atoms with Crippen LogP contribution < -0.4 is 5.73 Å². The summed E-state index contributed by atoms with van der Waals surface area (Å²) < 4.78 is 1.83. The average Bonchev–Trinajstić information content (AvgIpc) is 3.04. The van der Waals surface area contributed by atoms with Crippen LogP contribution in [0.3, 0.4) is 0 Å². The maximum atomic E-state index is 5.97. The van der Waals surface area contributed by atoms with E-state index in [1.807, 2.05) is 67.2 Å². The van der Waals surface area contributed by atoms with Crippen molar-refractivity contribution in [2.45, 2.75) is 13.8 Å². The highest BCUT2D eigenvalue weighted by molar-refractivity contribution is 5.76. The summed E-state index contributed by atoms with van der Waals surface area (Å²) in [5.74, 6) is 0. The third kappa shape index (κ3) is 2.88. The average molecular weight is 265 g/mol. The molecule has 0 bridgehead atoms. The standard InChI is InChI=1S/C15H13N3.C2H6/c16-15-5-2-1-4-14(15)12-6-8-13(9-7-12)18-11-3-10-17-18;1-2/h1-11H,16H2;1-2H3. The van der Waals surface area contributed by atoms with Gasteiger partial charge >= 0.3 is 0 Å². The van der Waals surface area contributed by atoms with Crippen molar-refractivity contribution in [1.29, 1.82) is 0 Å². The first kappa shape index (κ1) is 13.9. The summed E-state index contributed by atoms with van der Waals surface area (Å²) in [5.41, 5.74) is 9.98. The lowest BCUT2D eigenvalue weighted by Crippen LogP contribution is -1.94. The zero-order chi connectivity index (χ0) is 14.4. The van der Waals surface area contributed by atoms with Gasteiger partial charge in [0.1, 0.15) is 0 Å². The van der Waals surface area contributed by atoms with E-state index in [2.05, 4.69) is 17.2 Å².